The first kappa shape index (κ1) is 21.0. The lowest BCUT2D eigenvalue weighted by Crippen LogP contribution is -2.40. The van der Waals surface area contributed by atoms with Crippen LogP contribution in [0, 0.1) is 0 Å². The van der Waals surface area contributed by atoms with Gasteiger partial charge in [-0.05, 0) is 57.2 Å². The zero-order chi connectivity index (χ0) is 21.0. The predicted molar refractivity (Wildman–Crippen MR) is 115 cm³/mol. The molecule has 6 nitrogen and oxygen atoms in total. The van der Waals surface area contributed by atoms with Crippen LogP contribution in [0.3, 0.4) is 0 Å². The molecular formula is C22H26N2O4S. The molecule has 1 aromatic heterocycles. The lowest BCUT2D eigenvalue weighted by molar-refractivity contribution is -0.122. The van der Waals surface area contributed by atoms with Crippen LogP contribution in [-0.4, -0.2) is 30.4 Å². The molecule has 3 rings (SSSR count). The molecule has 1 aliphatic carbocycles. The van der Waals surface area contributed by atoms with Gasteiger partial charge in [-0.1, -0.05) is 18.2 Å². The van der Waals surface area contributed by atoms with Gasteiger partial charge < -0.3 is 15.0 Å². The SMILES string of the molecule is CC(=O)Nc1sc2c(c1C(=O)OCC(=O)N(c1ccccc1)C(C)C)CCCC2. The molecule has 0 atom stereocenters. The number of hydrogen-bond acceptors (Lipinski definition) is 5. The van der Waals surface area contributed by atoms with Crippen molar-refractivity contribution in [2.45, 2.75) is 52.5 Å². The monoisotopic (exact) mass is 414 g/mol. The van der Waals surface area contributed by atoms with E-state index in [0.717, 1.165) is 41.8 Å². The van der Waals surface area contributed by atoms with E-state index in [1.807, 2.05) is 44.2 Å². The van der Waals surface area contributed by atoms with Gasteiger partial charge in [-0.2, -0.15) is 0 Å². The van der Waals surface area contributed by atoms with Gasteiger partial charge in [-0.3, -0.25) is 9.59 Å². The minimum Gasteiger partial charge on any atom is -0.452 e. The summed E-state index contributed by atoms with van der Waals surface area (Å²) in [5.74, 6) is -1.08. The fourth-order valence-corrected chi connectivity index (χ4v) is 4.94. The lowest BCUT2D eigenvalue weighted by Gasteiger charge is -2.26. The van der Waals surface area contributed by atoms with Crippen molar-refractivity contribution in [3.63, 3.8) is 0 Å². The van der Waals surface area contributed by atoms with Gasteiger partial charge in [0, 0.05) is 23.5 Å². The van der Waals surface area contributed by atoms with E-state index in [2.05, 4.69) is 5.32 Å². The summed E-state index contributed by atoms with van der Waals surface area (Å²) >= 11 is 1.43. The van der Waals surface area contributed by atoms with E-state index in [1.165, 1.54) is 18.3 Å². The number of esters is 1. The number of aryl methyl sites for hydroxylation is 1. The third-order valence-electron chi connectivity index (χ3n) is 4.81. The maximum atomic E-state index is 12.9. The van der Waals surface area contributed by atoms with Gasteiger partial charge in [-0.25, -0.2) is 4.79 Å². The van der Waals surface area contributed by atoms with Crippen LogP contribution >= 0.6 is 11.3 Å². The first-order valence-corrected chi connectivity index (χ1v) is 10.7. The van der Waals surface area contributed by atoms with Crippen LogP contribution in [0.15, 0.2) is 30.3 Å². The Bertz CT molecular complexity index is 905. The number of fused-ring (bicyclic) bond motifs is 1. The van der Waals surface area contributed by atoms with Crippen molar-refractivity contribution in [2.24, 2.45) is 0 Å². The van der Waals surface area contributed by atoms with Crippen molar-refractivity contribution < 1.29 is 19.1 Å². The number of thiophene rings is 1. The zero-order valence-electron chi connectivity index (χ0n) is 17.0. The highest BCUT2D eigenvalue weighted by Crippen LogP contribution is 2.38. The Kier molecular flexibility index (Phi) is 6.69. The van der Waals surface area contributed by atoms with Crippen LogP contribution in [0.1, 0.15) is 54.4 Å². The maximum absolute atomic E-state index is 12.9. The number of benzene rings is 1. The molecule has 2 amide bonds. The number of carbonyl (C=O) groups excluding carboxylic acids is 3. The molecule has 154 valence electrons. The number of para-hydroxylation sites is 1. The first-order chi connectivity index (χ1) is 13.9. The summed E-state index contributed by atoms with van der Waals surface area (Å²) in [7, 11) is 0. The van der Waals surface area contributed by atoms with Crippen LogP contribution in [-0.2, 0) is 27.2 Å². The number of hydrogen-bond donors (Lipinski definition) is 1. The number of nitrogens with one attached hydrogen (secondary N) is 1. The highest BCUT2D eigenvalue weighted by atomic mass is 32.1. The molecular weight excluding hydrogens is 388 g/mol. The van der Waals surface area contributed by atoms with Gasteiger partial charge in [0.05, 0.1) is 5.56 Å². The Hall–Kier alpha value is -2.67. The lowest BCUT2D eigenvalue weighted by atomic mass is 9.95. The fourth-order valence-electron chi connectivity index (χ4n) is 3.62. The third-order valence-corrected chi connectivity index (χ3v) is 6.02. The summed E-state index contributed by atoms with van der Waals surface area (Å²) in [4.78, 5) is 40.0. The molecule has 0 saturated carbocycles. The highest BCUT2D eigenvalue weighted by molar-refractivity contribution is 7.17. The van der Waals surface area contributed by atoms with Gasteiger partial charge in [0.2, 0.25) is 5.91 Å². The number of carbonyl (C=O) groups is 3. The van der Waals surface area contributed by atoms with Gasteiger partial charge in [0.15, 0.2) is 6.61 Å². The van der Waals surface area contributed by atoms with E-state index in [9.17, 15) is 14.4 Å². The minimum absolute atomic E-state index is 0.0764. The largest absolute Gasteiger partial charge is 0.452 e. The molecule has 0 spiro atoms. The van der Waals surface area contributed by atoms with E-state index in [1.54, 1.807) is 4.90 Å². The Morgan fingerprint density at radius 2 is 1.83 bits per heavy atom. The van der Waals surface area contributed by atoms with Crippen molar-refractivity contribution in [3.05, 3.63) is 46.3 Å². The minimum atomic E-state index is -0.557. The summed E-state index contributed by atoms with van der Waals surface area (Å²) in [6.45, 7) is 4.89. The van der Waals surface area contributed by atoms with E-state index >= 15 is 0 Å². The standard InChI is InChI=1S/C22H26N2O4S/c1-14(2)24(16-9-5-4-6-10-16)19(26)13-28-22(27)20-17-11-7-8-12-18(17)29-21(20)23-15(3)25/h4-6,9-10,14H,7-8,11-13H2,1-3H3,(H,23,25). The molecule has 1 aromatic carbocycles. The molecule has 0 radical (unpaired) electrons. The summed E-state index contributed by atoms with van der Waals surface area (Å²) in [6, 6.07) is 9.24. The first-order valence-electron chi connectivity index (χ1n) is 9.84. The summed E-state index contributed by atoms with van der Waals surface area (Å²) in [6.07, 6.45) is 3.75. The van der Waals surface area contributed by atoms with E-state index in [-0.39, 0.29) is 24.5 Å². The molecule has 7 heteroatoms. The molecule has 1 N–H and O–H groups in total. The summed E-state index contributed by atoms with van der Waals surface area (Å²) < 4.78 is 5.41. The average Bonchev–Trinajstić information content (AvgIpc) is 3.04. The normalized spacial score (nSPS) is 13.0. The van der Waals surface area contributed by atoms with Crippen molar-refractivity contribution in [1.82, 2.24) is 0 Å². The van der Waals surface area contributed by atoms with Crippen LogP contribution in [0.2, 0.25) is 0 Å². The second-order valence-corrected chi connectivity index (χ2v) is 8.47. The van der Waals surface area contributed by atoms with Gasteiger partial charge in [-0.15, -0.1) is 11.3 Å². The summed E-state index contributed by atoms with van der Waals surface area (Å²) in [5.41, 5.74) is 2.12. The topological polar surface area (TPSA) is 75.7 Å². The molecule has 1 heterocycles. The van der Waals surface area contributed by atoms with Crippen LogP contribution in [0.4, 0.5) is 10.7 Å². The zero-order valence-corrected chi connectivity index (χ0v) is 17.8. The molecule has 0 unspecified atom stereocenters. The van der Waals surface area contributed by atoms with Crippen molar-refractivity contribution >= 4 is 39.8 Å². The van der Waals surface area contributed by atoms with Crippen molar-refractivity contribution in [2.75, 3.05) is 16.8 Å². The molecule has 0 bridgehead atoms. The molecule has 29 heavy (non-hydrogen) atoms. The van der Waals surface area contributed by atoms with Gasteiger partial charge in [0.25, 0.3) is 5.91 Å². The second kappa shape index (κ2) is 9.22. The number of nitrogens with zero attached hydrogens (tertiary/aromatic N) is 1. The quantitative estimate of drug-likeness (QED) is 0.720. The van der Waals surface area contributed by atoms with E-state index in [0.29, 0.717) is 10.6 Å². The Balaban J connectivity index is 1.77. The van der Waals surface area contributed by atoms with E-state index in [4.69, 9.17) is 4.74 Å². The van der Waals surface area contributed by atoms with E-state index < -0.39 is 5.97 Å². The van der Waals surface area contributed by atoms with Crippen LogP contribution in [0.25, 0.3) is 0 Å². The number of anilines is 2. The Labute approximate surface area is 174 Å². The molecule has 1 aliphatic rings. The molecule has 2 aromatic rings. The van der Waals surface area contributed by atoms with Gasteiger partial charge in [0.1, 0.15) is 5.00 Å². The Morgan fingerprint density at radius 3 is 2.48 bits per heavy atom. The number of ether oxygens (including phenoxy) is 1. The third kappa shape index (κ3) is 4.85. The van der Waals surface area contributed by atoms with Crippen LogP contribution < -0.4 is 10.2 Å². The van der Waals surface area contributed by atoms with Crippen molar-refractivity contribution in [3.8, 4) is 0 Å². The molecule has 0 fully saturated rings. The molecule has 0 aliphatic heterocycles. The number of rotatable bonds is 6. The fraction of sp³-hybridized carbons (Fsp3) is 0.409. The second-order valence-electron chi connectivity index (χ2n) is 7.37. The smallest absolute Gasteiger partial charge is 0.341 e. The summed E-state index contributed by atoms with van der Waals surface area (Å²) in [5, 5.41) is 3.27. The maximum Gasteiger partial charge on any atom is 0.341 e. The van der Waals surface area contributed by atoms with Crippen molar-refractivity contribution in [1.29, 1.82) is 0 Å². The average molecular weight is 415 g/mol. The molecule has 0 saturated heterocycles. The highest BCUT2D eigenvalue weighted by Gasteiger charge is 2.28. The van der Waals surface area contributed by atoms with Gasteiger partial charge >= 0.3 is 5.97 Å². The van der Waals surface area contributed by atoms with Crippen LogP contribution in [0.5, 0.6) is 0 Å². The Morgan fingerprint density at radius 1 is 1.14 bits per heavy atom. The predicted octanol–water partition coefficient (Wildman–Crippen LogP) is 4.18. The number of amides is 2.